The van der Waals surface area contributed by atoms with E-state index in [1.807, 2.05) is 24.3 Å². The highest BCUT2D eigenvalue weighted by molar-refractivity contribution is 9.10. The highest BCUT2D eigenvalue weighted by Crippen LogP contribution is 2.16. The van der Waals surface area contributed by atoms with Crippen molar-refractivity contribution in [2.75, 3.05) is 19.7 Å². The van der Waals surface area contributed by atoms with Crippen LogP contribution >= 0.6 is 15.9 Å². The lowest BCUT2D eigenvalue weighted by Gasteiger charge is -2.30. The van der Waals surface area contributed by atoms with Gasteiger partial charge in [0, 0.05) is 17.6 Å². The third-order valence-corrected chi connectivity index (χ3v) is 2.91. The molecule has 1 heterocycles. The van der Waals surface area contributed by atoms with Gasteiger partial charge >= 0.3 is 0 Å². The molecule has 0 N–H and O–H groups in total. The van der Waals surface area contributed by atoms with Crippen molar-refractivity contribution in [3.8, 4) is 5.75 Å². The third-order valence-electron chi connectivity index (χ3n) is 2.38. The number of hydrogen-bond donors (Lipinski definition) is 0. The van der Waals surface area contributed by atoms with Gasteiger partial charge in [-0.1, -0.05) is 15.9 Å². The molecule has 1 saturated heterocycles. The monoisotopic (exact) mass is 269 g/mol. The van der Waals surface area contributed by atoms with Gasteiger partial charge in [0.05, 0.1) is 0 Å². The van der Waals surface area contributed by atoms with E-state index >= 15 is 0 Å². The van der Waals surface area contributed by atoms with Crippen LogP contribution in [0.2, 0.25) is 0 Å². The molecule has 1 fully saturated rings. The molecule has 80 valence electrons. The molecule has 0 aromatic heterocycles. The topological polar surface area (TPSA) is 29.5 Å². The Morgan fingerprint density at radius 2 is 2.00 bits per heavy atom. The minimum Gasteiger partial charge on any atom is -0.484 e. The fourth-order valence-electron chi connectivity index (χ4n) is 1.33. The maximum absolute atomic E-state index is 11.5. The number of amides is 1. The summed E-state index contributed by atoms with van der Waals surface area (Å²) in [6, 6.07) is 7.47. The van der Waals surface area contributed by atoms with E-state index in [1.54, 1.807) is 4.90 Å². The van der Waals surface area contributed by atoms with Gasteiger partial charge in [0.25, 0.3) is 5.91 Å². The molecule has 3 nitrogen and oxygen atoms in total. The van der Waals surface area contributed by atoms with Gasteiger partial charge in [-0.2, -0.15) is 0 Å². The zero-order valence-corrected chi connectivity index (χ0v) is 9.87. The minimum absolute atomic E-state index is 0.0733. The first kappa shape index (κ1) is 10.5. The number of benzene rings is 1. The smallest absolute Gasteiger partial charge is 0.260 e. The van der Waals surface area contributed by atoms with Gasteiger partial charge in [-0.15, -0.1) is 0 Å². The van der Waals surface area contributed by atoms with Gasteiger partial charge in [-0.3, -0.25) is 4.79 Å². The lowest BCUT2D eigenvalue weighted by atomic mass is 10.2. The zero-order valence-electron chi connectivity index (χ0n) is 8.28. The molecule has 15 heavy (non-hydrogen) atoms. The molecule has 2 rings (SSSR count). The van der Waals surface area contributed by atoms with Crippen LogP contribution in [-0.4, -0.2) is 30.5 Å². The van der Waals surface area contributed by atoms with E-state index in [4.69, 9.17) is 4.74 Å². The fourth-order valence-corrected chi connectivity index (χ4v) is 1.60. The molecule has 0 atom stereocenters. The van der Waals surface area contributed by atoms with Crippen molar-refractivity contribution in [1.82, 2.24) is 4.90 Å². The quantitative estimate of drug-likeness (QED) is 0.841. The van der Waals surface area contributed by atoms with Gasteiger partial charge in [-0.05, 0) is 30.7 Å². The summed E-state index contributed by atoms with van der Waals surface area (Å²) >= 11 is 3.34. The van der Waals surface area contributed by atoms with Gasteiger partial charge in [-0.25, -0.2) is 0 Å². The number of halogens is 1. The van der Waals surface area contributed by atoms with Crippen molar-refractivity contribution in [3.05, 3.63) is 28.7 Å². The first-order chi connectivity index (χ1) is 7.25. The average Bonchev–Trinajstić information content (AvgIpc) is 2.14. The molecule has 1 aliphatic heterocycles. The summed E-state index contributed by atoms with van der Waals surface area (Å²) in [5.74, 6) is 0.802. The highest BCUT2D eigenvalue weighted by Gasteiger charge is 2.20. The van der Waals surface area contributed by atoms with E-state index in [9.17, 15) is 4.79 Å². The summed E-state index contributed by atoms with van der Waals surface area (Å²) in [5.41, 5.74) is 0. The van der Waals surface area contributed by atoms with Gasteiger partial charge in [0.2, 0.25) is 0 Å². The second kappa shape index (κ2) is 4.66. The minimum atomic E-state index is 0.0733. The standard InChI is InChI=1S/C11H12BrNO2/c12-9-2-4-10(5-3-9)15-8-11(14)13-6-1-7-13/h2-5H,1,6-8H2. The van der Waals surface area contributed by atoms with Crippen LogP contribution in [0.25, 0.3) is 0 Å². The zero-order chi connectivity index (χ0) is 10.7. The largest absolute Gasteiger partial charge is 0.484 e. The molecule has 1 aromatic rings. The number of hydrogen-bond acceptors (Lipinski definition) is 2. The summed E-state index contributed by atoms with van der Waals surface area (Å²) in [6.07, 6.45) is 1.12. The molecule has 4 heteroatoms. The molecule has 0 radical (unpaired) electrons. The molecule has 1 amide bonds. The van der Waals surface area contributed by atoms with Crippen LogP contribution in [0, 0.1) is 0 Å². The highest BCUT2D eigenvalue weighted by atomic mass is 79.9. The predicted octanol–water partition coefficient (Wildman–Crippen LogP) is 2.06. The van der Waals surface area contributed by atoms with Crippen LogP contribution in [0.1, 0.15) is 6.42 Å². The van der Waals surface area contributed by atoms with Crippen molar-refractivity contribution in [2.24, 2.45) is 0 Å². The Hall–Kier alpha value is -1.03. The Morgan fingerprint density at radius 3 is 2.53 bits per heavy atom. The van der Waals surface area contributed by atoms with Gasteiger partial charge in [0.15, 0.2) is 6.61 Å². The summed E-state index contributed by atoms with van der Waals surface area (Å²) in [6.45, 7) is 1.90. The van der Waals surface area contributed by atoms with E-state index in [0.29, 0.717) is 0 Å². The summed E-state index contributed by atoms with van der Waals surface area (Å²) in [4.78, 5) is 13.3. The summed E-state index contributed by atoms with van der Waals surface area (Å²) in [5, 5.41) is 0. The van der Waals surface area contributed by atoms with Crippen LogP contribution in [0.5, 0.6) is 5.75 Å². The summed E-state index contributed by atoms with van der Waals surface area (Å²) < 4.78 is 6.37. The van der Waals surface area contributed by atoms with Crippen LogP contribution < -0.4 is 4.74 Å². The van der Waals surface area contributed by atoms with Crippen molar-refractivity contribution in [1.29, 1.82) is 0 Å². The lowest BCUT2D eigenvalue weighted by molar-refractivity contribution is -0.136. The van der Waals surface area contributed by atoms with Crippen molar-refractivity contribution >= 4 is 21.8 Å². The number of nitrogens with zero attached hydrogens (tertiary/aromatic N) is 1. The van der Waals surface area contributed by atoms with Crippen molar-refractivity contribution in [3.63, 3.8) is 0 Å². The number of carbonyl (C=O) groups excluding carboxylic acids is 1. The summed E-state index contributed by atoms with van der Waals surface area (Å²) in [7, 11) is 0. The maximum Gasteiger partial charge on any atom is 0.260 e. The first-order valence-electron chi connectivity index (χ1n) is 4.92. The average molecular weight is 270 g/mol. The van der Waals surface area contributed by atoms with E-state index in [-0.39, 0.29) is 12.5 Å². The normalized spacial score (nSPS) is 14.6. The second-order valence-electron chi connectivity index (χ2n) is 3.48. The fraction of sp³-hybridized carbons (Fsp3) is 0.364. The number of rotatable bonds is 3. The van der Waals surface area contributed by atoms with Crippen molar-refractivity contribution in [2.45, 2.75) is 6.42 Å². The predicted molar refractivity (Wildman–Crippen MR) is 60.8 cm³/mol. The SMILES string of the molecule is O=C(COc1ccc(Br)cc1)N1CCC1. The Morgan fingerprint density at radius 1 is 1.33 bits per heavy atom. The number of ether oxygens (including phenoxy) is 1. The van der Waals surface area contributed by atoms with E-state index < -0.39 is 0 Å². The van der Waals surface area contributed by atoms with Crippen LogP contribution in [0.15, 0.2) is 28.7 Å². The van der Waals surface area contributed by atoms with E-state index in [1.165, 1.54) is 0 Å². The van der Waals surface area contributed by atoms with Crippen molar-refractivity contribution < 1.29 is 9.53 Å². The molecule has 1 aliphatic rings. The molecule has 0 aliphatic carbocycles. The molecular formula is C11H12BrNO2. The number of carbonyl (C=O) groups is 1. The van der Waals surface area contributed by atoms with Crippen LogP contribution in [0.3, 0.4) is 0 Å². The van der Waals surface area contributed by atoms with E-state index in [0.717, 1.165) is 29.7 Å². The van der Waals surface area contributed by atoms with Gasteiger partial charge in [0.1, 0.15) is 5.75 Å². The molecule has 0 bridgehead atoms. The third kappa shape index (κ3) is 2.72. The van der Waals surface area contributed by atoms with Crippen LogP contribution in [0.4, 0.5) is 0 Å². The molecule has 1 aromatic carbocycles. The Labute approximate surface area is 97.2 Å². The Kier molecular flexibility index (Phi) is 3.26. The Balaban J connectivity index is 1.82. The Bertz CT molecular complexity index is 346. The number of likely N-dealkylation sites (tertiary alicyclic amines) is 1. The maximum atomic E-state index is 11.5. The molecule has 0 saturated carbocycles. The van der Waals surface area contributed by atoms with E-state index in [2.05, 4.69) is 15.9 Å². The first-order valence-corrected chi connectivity index (χ1v) is 5.71. The van der Waals surface area contributed by atoms with Crippen LogP contribution in [-0.2, 0) is 4.79 Å². The lowest BCUT2D eigenvalue weighted by Crippen LogP contribution is -2.44. The molecule has 0 spiro atoms. The molecule has 0 unspecified atom stereocenters. The molecular weight excluding hydrogens is 258 g/mol. The second-order valence-corrected chi connectivity index (χ2v) is 4.39. The van der Waals surface area contributed by atoms with Gasteiger partial charge < -0.3 is 9.64 Å².